The van der Waals surface area contributed by atoms with Gasteiger partial charge in [0.25, 0.3) is 0 Å². The SMILES string of the molecule is CCCCCCOc1ccc(Nc2ncc(C(F)(F)F)c(Nc3ccccc3OC)n2)cc1. The second kappa shape index (κ2) is 11.4. The number of ether oxygens (including phenoxy) is 2. The maximum Gasteiger partial charge on any atom is 0.421 e. The summed E-state index contributed by atoms with van der Waals surface area (Å²) < 4.78 is 51.5. The van der Waals surface area contributed by atoms with Crippen LogP contribution in [0.5, 0.6) is 11.5 Å². The van der Waals surface area contributed by atoms with E-state index in [1.54, 1.807) is 48.5 Å². The highest BCUT2D eigenvalue weighted by atomic mass is 19.4. The van der Waals surface area contributed by atoms with E-state index in [2.05, 4.69) is 27.5 Å². The summed E-state index contributed by atoms with van der Waals surface area (Å²) in [7, 11) is 1.44. The Hall–Kier alpha value is -3.49. The maximum atomic E-state index is 13.5. The lowest BCUT2D eigenvalue weighted by atomic mass is 10.2. The van der Waals surface area contributed by atoms with Gasteiger partial charge in [0.05, 0.1) is 19.4 Å². The highest BCUT2D eigenvalue weighted by Gasteiger charge is 2.35. The van der Waals surface area contributed by atoms with Crippen LogP contribution in [0.25, 0.3) is 0 Å². The second-order valence-electron chi connectivity index (χ2n) is 7.34. The summed E-state index contributed by atoms with van der Waals surface area (Å²) in [5.74, 6) is 0.762. The first-order valence-electron chi connectivity index (χ1n) is 10.7. The fraction of sp³-hybridized carbons (Fsp3) is 0.333. The predicted octanol–water partition coefficient (Wildman–Crippen LogP) is 6.95. The summed E-state index contributed by atoms with van der Waals surface area (Å²) in [4.78, 5) is 7.91. The molecule has 0 unspecified atom stereocenters. The van der Waals surface area contributed by atoms with Crippen molar-refractivity contribution in [2.45, 2.75) is 38.8 Å². The molecule has 0 atom stereocenters. The van der Waals surface area contributed by atoms with Crippen LogP contribution >= 0.6 is 0 Å². The Bertz CT molecular complexity index is 1030. The van der Waals surface area contributed by atoms with Crippen LogP contribution in [0.3, 0.4) is 0 Å². The molecule has 0 bridgehead atoms. The van der Waals surface area contributed by atoms with Gasteiger partial charge in [0.15, 0.2) is 0 Å². The van der Waals surface area contributed by atoms with E-state index in [1.807, 2.05) is 0 Å². The highest BCUT2D eigenvalue weighted by Crippen LogP contribution is 2.37. The minimum absolute atomic E-state index is 0.0219. The van der Waals surface area contributed by atoms with E-state index in [9.17, 15) is 13.2 Å². The van der Waals surface area contributed by atoms with E-state index in [1.165, 1.54) is 20.0 Å². The van der Waals surface area contributed by atoms with Gasteiger partial charge in [-0.05, 0) is 42.8 Å². The average molecular weight is 461 g/mol. The topological polar surface area (TPSA) is 68.3 Å². The molecule has 1 heterocycles. The van der Waals surface area contributed by atoms with E-state index in [0.29, 0.717) is 23.7 Å². The first-order valence-corrected chi connectivity index (χ1v) is 10.7. The van der Waals surface area contributed by atoms with Gasteiger partial charge in [-0.1, -0.05) is 38.3 Å². The molecule has 0 aliphatic carbocycles. The largest absolute Gasteiger partial charge is 0.495 e. The Morgan fingerprint density at radius 2 is 1.70 bits per heavy atom. The van der Waals surface area contributed by atoms with Gasteiger partial charge in [0.2, 0.25) is 5.95 Å². The van der Waals surface area contributed by atoms with Crippen molar-refractivity contribution >= 4 is 23.1 Å². The van der Waals surface area contributed by atoms with Crippen molar-refractivity contribution < 1.29 is 22.6 Å². The third-order valence-corrected chi connectivity index (χ3v) is 4.83. The van der Waals surface area contributed by atoms with E-state index < -0.39 is 11.7 Å². The van der Waals surface area contributed by atoms with Crippen LogP contribution in [0.15, 0.2) is 54.7 Å². The number of nitrogens with zero attached hydrogens (tertiary/aromatic N) is 2. The molecule has 0 saturated heterocycles. The zero-order valence-electron chi connectivity index (χ0n) is 18.6. The van der Waals surface area contributed by atoms with Crippen LogP contribution < -0.4 is 20.1 Å². The molecule has 0 aliphatic heterocycles. The van der Waals surface area contributed by atoms with E-state index in [4.69, 9.17) is 9.47 Å². The maximum absolute atomic E-state index is 13.5. The molecule has 6 nitrogen and oxygen atoms in total. The Morgan fingerprint density at radius 3 is 2.39 bits per heavy atom. The molecule has 3 aromatic rings. The molecule has 0 aliphatic rings. The van der Waals surface area contributed by atoms with Crippen molar-refractivity contribution in [3.05, 3.63) is 60.3 Å². The highest BCUT2D eigenvalue weighted by molar-refractivity contribution is 5.67. The number of aromatic nitrogens is 2. The smallest absolute Gasteiger partial charge is 0.421 e. The van der Waals surface area contributed by atoms with Gasteiger partial charge in [0, 0.05) is 11.9 Å². The van der Waals surface area contributed by atoms with Gasteiger partial charge in [-0.25, -0.2) is 4.98 Å². The van der Waals surface area contributed by atoms with Gasteiger partial charge in [-0.15, -0.1) is 0 Å². The first-order chi connectivity index (χ1) is 15.9. The first kappa shape index (κ1) is 24.2. The summed E-state index contributed by atoms with van der Waals surface area (Å²) >= 11 is 0. The van der Waals surface area contributed by atoms with Crippen LogP contribution in [-0.4, -0.2) is 23.7 Å². The number of halogens is 3. The predicted molar refractivity (Wildman–Crippen MR) is 123 cm³/mol. The fourth-order valence-corrected chi connectivity index (χ4v) is 3.10. The number of para-hydroxylation sites is 2. The number of hydrogen-bond acceptors (Lipinski definition) is 6. The van der Waals surface area contributed by atoms with E-state index in [-0.39, 0.29) is 11.8 Å². The Morgan fingerprint density at radius 1 is 0.939 bits per heavy atom. The molecule has 33 heavy (non-hydrogen) atoms. The van der Waals surface area contributed by atoms with Crippen molar-refractivity contribution in [3.8, 4) is 11.5 Å². The lowest BCUT2D eigenvalue weighted by molar-refractivity contribution is -0.137. The molecule has 9 heteroatoms. The number of hydrogen-bond donors (Lipinski definition) is 2. The molecule has 0 radical (unpaired) electrons. The number of alkyl halides is 3. The van der Waals surface area contributed by atoms with E-state index >= 15 is 0 Å². The van der Waals surface area contributed by atoms with Crippen LogP contribution in [0.2, 0.25) is 0 Å². The molecule has 1 aromatic heterocycles. The van der Waals surface area contributed by atoms with Gasteiger partial charge in [-0.3, -0.25) is 0 Å². The van der Waals surface area contributed by atoms with E-state index in [0.717, 1.165) is 24.8 Å². The van der Waals surface area contributed by atoms with Crippen molar-refractivity contribution in [1.82, 2.24) is 9.97 Å². The molecule has 0 spiro atoms. The molecular formula is C24H27F3N4O2. The molecular weight excluding hydrogens is 433 g/mol. The monoisotopic (exact) mass is 460 g/mol. The number of nitrogens with one attached hydrogen (secondary N) is 2. The molecule has 0 fully saturated rings. The van der Waals surface area contributed by atoms with Gasteiger partial charge < -0.3 is 20.1 Å². The van der Waals surface area contributed by atoms with Crippen molar-refractivity contribution in [2.75, 3.05) is 24.4 Å². The van der Waals surface area contributed by atoms with Crippen molar-refractivity contribution in [2.24, 2.45) is 0 Å². The number of rotatable bonds is 11. The number of benzene rings is 2. The lowest BCUT2D eigenvalue weighted by Gasteiger charge is -2.16. The van der Waals surface area contributed by atoms with Gasteiger partial charge >= 0.3 is 6.18 Å². The lowest BCUT2D eigenvalue weighted by Crippen LogP contribution is -2.13. The number of methoxy groups -OCH3 is 1. The normalized spacial score (nSPS) is 11.2. The molecule has 2 aromatic carbocycles. The van der Waals surface area contributed by atoms with Gasteiger partial charge in [0.1, 0.15) is 22.9 Å². The third-order valence-electron chi connectivity index (χ3n) is 4.83. The third kappa shape index (κ3) is 7.00. The molecule has 2 N–H and O–H groups in total. The van der Waals surface area contributed by atoms with Gasteiger partial charge in [-0.2, -0.15) is 18.2 Å². The van der Waals surface area contributed by atoms with Crippen molar-refractivity contribution in [1.29, 1.82) is 0 Å². The molecule has 0 saturated carbocycles. The second-order valence-corrected chi connectivity index (χ2v) is 7.34. The fourth-order valence-electron chi connectivity index (χ4n) is 3.10. The number of anilines is 4. The summed E-state index contributed by atoms with van der Waals surface area (Å²) in [6.07, 6.45) is 0.609. The van der Waals surface area contributed by atoms with Crippen molar-refractivity contribution in [3.63, 3.8) is 0 Å². The molecule has 0 amide bonds. The molecule has 3 rings (SSSR count). The Balaban J connectivity index is 1.74. The van der Waals surface area contributed by atoms with Crippen LogP contribution in [0.4, 0.5) is 36.3 Å². The zero-order chi connectivity index (χ0) is 23.7. The number of unbranched alkanes of at least 4 members (excludes halogenated alkanes) is 3. The standard InChI is InChI=1S/C24H27F3N4O2/c1-3-4-5-8-15-33-18-13-11-17(12-14-18)29-23-28-16-19(24(25,26)27)22(31-23)30-20-9-6-7-10-21(20)32-2/h6-7,9-14,16H,3-5,8,15H2,1-2H3,(H2,28,29,30,31). The summed E-state index contributed by atoms with van der Waals surface area (Å²) in [6.45, 7) is 2.80. The quantitative estimate of drug-likeness (QED) is 0.302. The Labute approximate surface area is 191 Å². The van der Waals surface area contributed by atoms with Crippen LogP contribution in [0.1, 0.15) is 38.2 Å². The molecule has 176 valence electrons. The Kier molecular flexibility index (Phi) is 8.34. The van der Waals surface area contributed by atoms with Crippen LogP contribution in [-0.2, 0) is 6.18 Å². The summed E-state index contributed by atoms with van der Waals surface area (Å²) in [6, 6.07) is 13.8. The minimum atomic E-state index is -4.63. The zero-order valence-corrected chi connectivity index (χ0v) is 18.6. The van der Waals surface area contributed by atoms with Crippen LogP contribution in [0, 0.1) is 0 Å². The minimum Gasteiger partial charge on any atom is -0.495 e. The average Bonchev–Trinajstić information content (AvgIpc) is 2.80. The summed E-state index contributed by atoms with van der Waals surface area (Å²) in [5, 5.41) is 5.65. The summed E-state index contributed by atoms with van der Waals surface area (Å²) in [5.41, 5.74) is -0.00213.